The van der Waals surface area contributed by atoms with Crippen molar-refractivity contribution in [2.45, 2.75) is 26.7 Å². The number of piperazine rings is 1. The third-order valence-corrected chi connectivity index (χ3v) is 3.82. The Labute approximate surface area is 142 Å². The summed E-state index contributed by atoms with van der Waals surface area (Å²) < 4.78 is 5.00. The molecule has 0 saturated carbocycles. The predicted molar refractivity (Wildman–Crippen MR) is 90.1 cm³/mol. The number of nitrogens with zero attached hydrogens (tertiary/aromatic N) is 4. The smallest absolute Gasteiger partial charge is 0.409 e. The SMILES string of the molecule is CCCCNC(=O)c1cnc(N2CCN(C(=O)OCC)CC2)cn1. The zero-order chi connectivity index (χ0) is 17.4. The summed E-state index contributed by atoms with van der Waals surface area (Å²) in [7, 11) is 0. The van der Waals surface area contributed by atoms with Crippen molar-refractivity contribution in [3.8, 4) is 0 Å². The van der Waals surface area contributed by atoms with E-state index in [9.17, 15) is 9.59 Å². The molecule has 1 aliphatic rings. The summed E-state index contributed by atoms with van der Waals surface area (Å²) in [5, 5.41) is 2.82. The van der Waals surface area contributed by atoms with Crippen molar-refractivity contribution in [1.29, 1.82) is 0 Å². The Morgan fingerprint density at radius 1 is 1.17 bits per heavy atom. The van der Waals surface area contributed by atoms with Gasteiger partial charge in [-0.2, -0.15) is 0 Å². The Morgan fingerprint density at radius 3 is 2.50 bits per heavy atom. The maximum Gasteiger partial charge on any atom is 0.409 e. The van der Waals surface area contributed by atoms with E-state index in [2.05, 4.69) is 22.2 Å². The third kappa shape index (κ3) is 4.81. The fourth-order valence-corrected chi connectivity index (χ4v) is 2.40. The van der Waals surface area contributed by atoms with Crippen molar-refractivity contribution in [3.63, 3.8) is 0 Å². The summed E-state index contributed by atoms with van der Waals surface area (Å²) in [5.41, 5.74) is 0.319. The molecule has 0 unspecified atom stereocenters. The van der Waals surface area contributed by atoms with Crippen LogP contribution in [0.25, 0.3) is 0 Å². The van der Waals surface area contributed by atoms with Crippen LogP contribution in [0.15, 0.2) is 12.4 Å². The Bertz CT molecular complexity index is 541. The molecule has 1 fully saturated rings. The second kappa shape index (κ2) is 9.05. The highest BCUT2D eigenvalue weighted by Gasteiger charge is 2.23. The fraction of sp³-hybridized carbons (Fsp3) is 0.625. The van der Waals surface area contributed by atoms with Gasteiger partial charge in [0.2, 0.25) is 0 Å². The van der Waals surface area contributed by atoms with Gasteiger partial charge >= 0.3 is 6.09 Å². The first-order valence-electron chi connectivity index (χ1n) is 8.42. The number of amides is 2. The summed E-state index contributed by atoms with van der Waals surface area (Å²) in [6, 6.07) is 0. The number of rotatable bonds is 6. The number of carbonyl (C=O) groups is 2. The first-order valence-corrected chi connectivity index (χ1v) is 8.42. The number of anilines is 1. The van der Waals surface area contributed by atoms with Gasteiger partial charge in [0, 0.05) is 32.7 Å². The van der Waals surface area contributed by atoms with Crippen molar-refractivity contribution < 1.29 is 14.3 Å². The van der Waals surface area contributed by atoms with Crippen LogP contribution < -0.4 is 10.2 Å². The lowest BCUT2D eigenvalue weighted by Crippen LogP contribution is -2.49. The lowest BCUT2D eigenvalue weighted by atomic mass is 10.3. The zero-order valence-electron chi connectivity index (χ0n) is 14.3. The van der Waals surface area contributed by atoms with Crippen molar-refractivity contribution in [3.05, 3.63) is 18.1 Å². The van der Waals surface area contributed by atoms with Gasteiger partial charge in [-0.3, -0.25) is 4.79 Å². The highest BCUT2D eigenvalue weighted by molar-refractivity contribution is 5.91. The van der Waals surface area contributed by atoms with Gasteiger partial charge in [-0.25, -0.2) is 14.8 Å². The topological polar surface area (TPSA) is 87.7 Å². The van der Waals surface area contributed by atoms with E-state index in [0.29, 0.717) is 50.8 Å². The summed E-state index contributed by atoms with van der Waals surface area (Å²) in [6.45, 7) is 7.39. The molecule has 1 aromatic heterocycles. The van der Waals surface area contributed by atoms with Gasteiger partial charge in [-0.1, -0.05) is 13.3 Å². The quantitative estimate of drug-likeness (QED) is 0.788. The van der Waals surface area contributed by atoms with Gasteiger partial charge in [-0.05, 0) is 13.3 Å². The average molecular weight is 335 g/mol. The van der Waals surface area contributed by atoms with Gasteiger partial charge < -0.3 is 19.9 Å². The molecule has 0 bridgehead atoms. The molecule has 24 heavy (non-hydrogen) atoms. The standard InChI is InChI=1S/C16H25N5O3/c1-3-5-6-17-15(22)13-11-19-14(12-18-13)20-7-9-21(10-8-20)16(23)24-4-2/h11-12H,3-10H2,1-2H3,(H,17,22). The molecule has 0 spiro atoms. The summed E-state index contributed by atoms with van der Waals surface area (Å²) in [5.74, 6) is 0.512. The molecule has 1 aliphatic heterocycles. The maximum absolute atomic E-state index is 11.9. The van der Waals surface area contributed by atoms with Crippen LogP contribution in [0.1, 0.15) is 37.2 Å². The molecule has 1 saturated heterocycles. The summed E-state index contributed by atoms with van der Waals surface area (Å²) >= 11 is 0. The maximum atomic E-state index is 11.9. The first kappa shape index (κ1) is 18.0. The van der Waals surface area contributed by atoms with E-state index < -0.39 is 0 Å². The van der Waals surface area contributed by atoms with Gasteiger partial charge in [0.1, 0.15) is 11.5 Å². The lowest BCUT2D eigenvalue weighted by Gasteiger charge is -2.34. The van der Waals surface area contributed by atoms with Gasteiger partial charge in [0.05, 0.1) is 19.0 Å². The van der Waals surface area contributed by atoms with Crippen molar-refractivity contribution in [2.75, 3.05) is 44.2 Å². The Morgan fingerprint density at radius 2 is 1.92 bits per heavy atom. The second-order valence-corrected chi connectivity index (χ2v) is 5.54. The molecule has 2 heterocycles. The van der Waals surface area contributed by atoms with Crippen LogP contribution in [0.2, 0.25) is 0 Å². The first-order chi connectivity index (χ1) is 11.7. The minimum absolute atomic E-state index is 0.199. The molecule has 8 heteroatoms. The van der Waals surface area contributed by atoms with Crippen LogP contribution in [-0.4, -0.2) is 66.2 Å². The van der Waals surface area contributed by atoms with Gasteiger partial charge in [-0.15, -0.1) is 0 Å². The average Bonchev–Trinajstić information content (AvgIpc) is 2.62. The summed E-state index contributed by atoms with van der Waals surface area (Å²) in [4.78, 5) is 35.8. The number of hydrogen-bond donors (Lipinski definition) is 1. The van der Waals surface area contributed by atoms with Crippen molar-refractivity contribution in [1.82, 2.24) is 20.2 Å². The van der Waals surface area contributed by atoms with Crippen LogP contribution in [0.5, 0.6) is 0 Å². The van der Waals surface area contributed by atoms with E-state index in [4.69, 9.17) is 4.74 Å². The fourth-order valence-electron chi connectivity index (χ4n) is 2.40. The number of aromatic nitrogens is 2. The zero-order valence-corrected chi connectivity index (χ0v) is 14.3. The molecule has 0 atom stereocenters. The number of nitrogens with one attached hydrogen (secondary N) is 1. The minimum atomic E-state index is -0.276. The molecule has 2 rings (SSSR count). The van der Waals surface area contributed by atoms with Crippen LogP contribution in [0, 0.1) is 0 Å². The van der Waals surface area contributed by atoms with Gasteiger partial charge in [0.15, 0.2) is 0 Å². The van der Waals surface area contributed by atoms with E-state index in [1.807, 2.05) is 4.90 Å². The molecule has 0 radical (unpaired) electrons. The number of unbranched alkanes of at least 4 members (excludes halogenated alkanes) is 1. The van der Waals surface area contributed by atoms with Crippen LogP contribution in [0.3, 0.4) is 0 Å². The summed E-state index contributed by atoms with van der Waals surface area (Å²) in [6.07, 6.45) is 4.80. The van der Waals surface area contributed by atoms with E-state index in [0.717, 1.165) is 12.8 Å². The third-order valence-electron chi connectivity index (χ3n) is 3.82. The van der Waals surface area contributed by atoms with Crippen LogP contribution >= 0.6 is 0 Å². The van der Waals surface area contributed by atoms with Crippen molar-refractivity contribution in [2.24, 2.45) is 0 Å². The molecule has 1 N–H and O–H groups in total. The number of carbonyl (C=O) groups excluding carboxylic acids is 2. The Hall–Kier alpha value is -2.38. The predicted octanol–water partition coefficient (Wildman–Crippen LogP) is 1.28. The highest BCUT2D eigenvalue weighted by atomic mass is 16.6. The molecule has 0 aliphatic carbocycles. The Balaban J connectivity index is 1.86. The van der Waals surface area contributed by atoms with Crippen LogP contribution in [-0.2, 0) is 4.74 Å². The molecule has 8 nitrogen and oxygen atoms in total. The molecular weight excluding hydrogens is 310 g/mol. The molecule has 1 aromatic rings. The molecular formula is C16H25N5O3. The van der Waals surface area contributed by atoms with E-state index >= 15 is 0 Å². The monoisotopic (exact) mass is 335 g/mol. The number of ether oxygens (including phenoxy) is 1. The van der Waals surface area contributed by atoms with E-state index in [-0.39, 0.29) is 12.0 Å². The molecule has 2 amide bonds. The Kier molecular flexibility index (Phi) is 6.77. The van der Waals surface area contributed by atoms with E-state index in [1.165, 1.54) is 6.20 Å². The largest absolute Gasteiger partial charge is 0.450 e. The molecule has 0 aromatic carbocycles. The van der Waals surface area contributed by atoms with Crippen LogP contribution in [0.4, 0.5) is 10.6 Å². The highest BCUT2D eigenvalue weighted by Crippen LogP contribution is 2.13. The molecule has 132 valence electrons. The van der Waals surface area contributed by atoms with Crippen molar-refractivity contribution >= 4 is 17.8 Å². The van der Waals surface area contributed by atoms with Gasteiger partial charge in [0.25, 0.3) is 5.91 Å². The normalized spacial score (nSPS) is 14.4. The minimum Gasteiger partial charge on any atom is -0.450 e. The lowest BCUT2D eigenvalue weighted by molar-refractivity contribution is 0.0946. The van der Waals surface area contributed by atoms with E-state index in [1.54, 1.807) is 18.0 Å². The number of hydrogen-bond acceptors (Lipinski definition) is 6. The second-order valence-electron chi connectivity index (χ2n) is 5.54.